The van der Waals surface area contributed by atoms with E-state index in [-0.39, 0.29) is 10.6 Å². The first-order chi connectivity index (χ1) is 8.79. The third-order valence-electron chi connectivity index (χ3n) is 2.61. The van der Waals surface area contributed by atoms with Crippen LogP contribution in [0.1, 0.15) is 15.2 Å². The molecule has 0 aliphatic heterocycles. The molecule has 0 bridgehead atoms. The Hall–Kier alpha value is -1.76. The number of alkyl halides is 3. The van der Waals surface area contributed by atoms with Crippen molar-refractivity contribution in [3.63, 3.8) is 0 Å². The lowest BCUT2D eigenvalue weighted by atomic mass is 10.1. The minimum atomic E-state index is -4.43. The summed E-state index contributed by atoms with van der Waals surface area (Å²) in [6, 6.07) is 5.39. The monoisotopic (exact) mass is 288 g/mol. The summed E-state index contributed by atoms with van der Waals surface area (Å²) < 4.78 is 37.0. The number of carbonyl (C=O) groups is 1. The molecular weight excluding hydrogens is 277 g/mol. The quantitative estimate of drug-likeness (QED) is 0.892. The van der Waals surface area contributed by atoms with Gasteiger partial charge in [-0.25, -0.2) is 0 Å². The first kappa shape index (κ1) is 13.7. The predicted molar refractivity (Wildman–Crippen MR) is 69.4 cm³/mol. The summed E-state index contributed by atoms with van der Waals surface area (Å²) in [5.41, 5.74) is 6.98. The van der Waals surface area contributed by atoms with Crippen LogP contribution in [-0.4, -0.2) is 18.6 Å². The maximum Gasteiger partial charge on any atom is 0.405 e. The molecule has 2 aromatic rings. The molecular formula is C12H11F3N2OS. The Morgan fingerprint density at radius 2 is 2.11 bits per heavy atom. The van der Waals surface area contributed by atoms with Gasteiger partial charge in [-0.15, -0.1) is 11.3 Å². The molecule has 1 aromatic heterocycles. The second-order valence-corrected chi connectivity index (χ2v) is 5.11. The zero-order valence-electron chi connectivity index (χ0n) is 9.97. The van der Waals surface area contributed by atoms with Gasteiger partial charge in [0.25, 0.3) is 5.91 Å². The molecule has 3 nitrogen and oxygen atoms in total. The second-order valence-electron chi connectivity index (χ2n) is 4.09. The Kier molecular flexibility index (Phi) is 3.40. The molecule has 19 heavy (non-hydrogen) atoms. The topological polar surface area (TPSA) is 55.1 Å². The Bertz CT molecular complexity index is 634. The van der Waals surface area contributed by atoms with Crippen molar-refractivity contribution in [1.29, 1.82) is 0 Å². The average molecular weight is 288 g/mol. The maximum atomic E-state index is 12.1. The van der Waals surface area contributed by atoms with Crippen molar-refractivity contribution in [3.05, 3.63) is 28.6 Å². The number of hydrogen-bond donors (Lipinski definition) is 2. The summed E-state index contributed by atoms with van der Waals surface area (Å²) in [6.45, 7) is 0.494. The third kappa shape index (κ3) is 2.81. The highest BCUT2D eigenvalue weighted by atomic mass is 32.1. The number of anilines is 1. The number of hydrogen-bond acceptors (Lipinski definition) is 3. The molecule has 2 rings (SSSR count). The molecule has 0 spiro atoms. The van der Waals surface area contributed by atoms with Crippen molar-refractivity contribution in [2.45, 2.75) is 13.1 Å². The van der Waals surface area contributed by atoms with Crippen LogP contribution < -0.4 is 11.1 Å². The van der Waals surface area contributed by atoms with Gasteiger partial charge in [-0.1, -0.05) is 18.2 Å². The largest absolute Gasteiger partial charge is 0.405 e. The van der Waals surface area contributed by atoms with Crippen molar-refractivity contribution >= 4 is 33.0 Å². The van der Waals surface area contributed by atoms with Crippen LogP contribution in [0.4, 0.5) is 18.9 Å². The van der Waals surface area contributed by atoms with Gasteiger partial charge in [0.05, 0.1) is 5.69 Å². The maximum absolute atomic E-state index is 12.1. The standard InChI is InChI=1S/C12H11F3N2OS/c1-6-3-2-4-7-8(16)10(19-9(6)7)11(18)17-5-12(13,14)15/h2-4H,5,16H2,1H3,(H,17,18). The van der Waals surface area contributed by atoms with Gasteiger partial charge in [-0.05, 0) is 12.5 Å². The number of carbonyl (C=O) groups excluding carboxylic acids is 1. The summed E-state index contributed by atoms with van der Waals surface area (Å²) in [5, 5.41) is 2.52. The fourth-order valence-electron chi connectivity index (χ4n) is 1.71. The number of nitrogens with two attached hydrogens (primary N) is 1. The first-order valence-electron chi connectivity index (χ1n) is 5.42. The third-order valence-corrected chi connectivity index (χ3v) is 3.96. The van der Waals surface area contributed by atoms with Crippen LogP contribution in [0.5, 0.6) is 0 Å². The van der Waals surface area contributed by atoms with E-state index in [1.54, 1.807) is 12.1 Å². The molecule has 1 aromatic carbocycles. The van der Waals surface area contributed by atoms with Crippen molar-refractivity contribution in [2.75, 3.05) is 12.3 Å². The zero-order chi connectivity index (χ0) is 14.2. The van der Waals surface area contributed by atoms with E-state index in [4.69, 9.17) is 5.73 Å². The average Bonchev–Trinajstić information content (AvgIpc) is 2.65. The predicted octanol–water partition coefficient (Wildman–Crippen LogP) is 3.08. The molecule has 3 N–H and O–H groups in total. The smallest absolute Gasteiger partial charge is 0.397 e. The number of nitrogen functional groups attached to an aromatic ring is 1. The van der Waals surface area contributed by atoms with Gasteiger partial charge in [0.1, 0.15) is 11.4 Å². The van der Waals surface area contributed by atoms with Crippen LogP contribution in [0.25, 0.3) is 10.1 Å². The molecule has 0 fully saturated rings. The molecule has 0 aliphatic carbocycles. The van der Waals surface area contributed by atoms with Gasteiger partial charge >= 0.3 is 6.18 Å². The van der Waals surface area contributed by atoms with Gasteiger partial charge in [0, 0.05) is 10.1 Å². The SMILES string of the molecule is Cc1cccc2c(N)c(C(=O)NCC(F)(F)F)sc12. The molecule has 1 amide bonds. The minimum Gasteiger partial charge on any atom is -0.397 e. The van der Waals surface area contributed by atoms with E-state index in [0.717, 1.165) is 21.6 Å². The number of halogens is 3. The Labute approximate surface area is 111 Å². The lowest BCUT2D eigenvalue weighted by Gasteiger charge is -2.07. The number of nitrogens with one attached hydrogen (secondary N) is 1. The fourth-order valence-corrected chi connectivity index (χ4v) is 2.81. The first-order valence-corrected chi connectivity index (χ1v) is 6.24. The molecule has 102 valence electrons. The Morgan fingerprint density at radius 1 is 1.42 bits per heavy atom. The summed E-state index contributed by atoms with van der Waals surface area (Å²) >= 11 is 1.10. The Morgan fingerprint density at radius 3 is 2.68 bits per heavy atom. The highest BCUT2D eigenvalue weighted by Crippen LogP contribution is 2.35. The summed E-state index contributed by atoms with van der Waals surface area (Å²) in [4.78, 5) is 11.8. The van der Waals surface area contributed by atoms with E-state index in [1.165, 1.54) is 0 Å². The molecule has 0 saturated carbocycles. The second kappa shape index (κ2) is 4.73. The van der Waals surface area contributed by atoms with Crippen molar-refractivity contribution in [2.24, 2.45) is 0 Å². The number of benzene rings is 1. The Balaban J connectivity index is 2.33. The van der Waals surface area contributed by atoms with Gasteiger partial charge in [0.15, 0.2) is 0 Å². The summed E-state index contributed by atoms with van der Waals surface area (Å²) in [6.07, 6.45) is -4.43. The molecule has 1 heterocycles. The van der Waals surface area contributed by atoms with Crippen LogP contribution >= 0.6 is 11.3 Å². The number of thiophene rings is 1. The van der Waals surface area contributed by atoms with Crippen LogP contribution in [0, 0.1) is 6.92 Å². The highest BCUT2D eigenvalue weighted by molar-refractivity contribution is 7.21. The molecule has 7 heteroatoms. The number of rotatable bonds is 2. The van der Waals surface area contributed by atoms with E-state index in [0.29, 0.717) is 5.39 Å². The lowest BCUT2D eigenvalue weighted by Crippen LogP contribution is -2.33. The van der Waals surface area contributed by atoms with Gasteiger partial charge in [-0.2, -0.15) is 13.2 Å². The highest BCUT2D eigenvalue weighted by Gasteiger charge is 2.28. The molecule has 0 saturated heterocycles. The van der Waals surface area contributed by atoms with Crippen molar-refractivity contribution in [3.8, 4) is 0 Å². The van der Waals surface area contributed by atoms with Crippen LogP contribution in [-0.2, 0) is 0 Å². The molecule has 0 unspecified atom stereocenters. The van der Waals surface area contributed by atoms with E-state index < -0.39 is 18.6 Å². The molecule has 0 atom stereocenters. The normalized spacial score (nSPS) is 11.8. The fraction of sp³-hybridized carbons (Fsp3) is 0.250. The van der Waals surface area contributed by atoms with E-state index >= 15 is 0 Å². The summed E-state index contributed by atoms with van der Waals surface area (Å²) in [7, 11) is 0. The minimum absolute atomic E-state index is 0.119. The summed E-state index contributed by atoms with van der Waals surface area (Å²) in [5.74, 6) is -0.796. The number of aryl methyl sites for hydroxylation is 1. The van der Waals surface area contributed by atoms with Gasteiger partial charge < -0.3 is 11.1 Å². The number of fused-ring (bicyclic) bond motifs is 1. The van der Waals surface area contributed by atoms with Gasteiger partial charge in [0.2, 0.25) is 0 Å². The van der Waals surface area contributed by atoms with Crippen molar-refractivity contribution in [1.82, 2.24) is 5.32 Å². The van der Waals surface area contributed by atoms with Crippen LogP contribution in [0.3, 0.4) is 0 Å². The van der Waals surface area contributed by atoms with Crippen LogP contribution in [0.2, 0.25) is 0 Å². The molecule has 0 aliphatic rings. The van der Waals surface area contributed by atoms with E-state index in [1.807, 2.05) is 18.3 Å². The van der Waals surface area contributed by atoms with Crippen LogP contribution in [0.15, 0.2) is 18.2 Å². The number of amides is 1. The van der Waals surface area contributed by atoms with E-state index in [9.17, 15) is 18.0 Å². The zero-order valence-corrected chi connectivity index (χ0v) is 10.8. The van der Waals surface area contributed by atoms with Crippen molar-refractivity contribution < 1.29 is 18.0 Å². The van der Waals surface area contributed by atoms with Gasteiger partial charge in [-0.3, -0.25) is 4.79 Å². The lowest BCUT2D eigenvalue weighted by molar-refractivity contribution is -0.123. The van der Waals surface area contributed by atoms with E-state index in [2.05, 4.69) is 0 Å². The molecule has 0 radical (unpaired) electrons.